The van der Waals surface area contributed by atoms with Crippen LogP contribution in [-0.4, -0.2) is 45.3 Å². The summed E-state index contributed by atoms with van der Waals surface area (Å²) < 4.78 is 26.5. The first-order valence-electron chi connectivity index (χ1n) is 8.23. The van der Waals surface area contributed by atoms with E-state index in [0.717, 1.165) is 47.3 Å². The van der Waals surface area contributed by atoms with Crippen LogP contribution in [0.3, 0.4) is 0 Å². The molecule has 0 unspecified atom stereocenters. The molecule has 26 heavy (non-hydrogen) atoms. The number of rotatable bonds is 6. The summed E-state index contributed by atoms with van der Waals surface area (Å²) in [6, 6.07) is 10.6. The molecule has 0 spiro atoms. The van der Waals surface area contributed by atoms with Gasteiger partial charge in [-0.3, -0.25) is 4.79 Å². The highest BCUT2D eigenvalue weighted by molar-refractivity contribution is 7.91. The number of hydrogen-bond donors (Lipinski definition) is 1. The summed E-state index contributed by atoms with van der Waals surface area (Å²) in [6.07, 6.45) is 2.26. The van der Waals surface area contributed by atoms with Gasteiger partial charge in [0.15, 0.2) is 0 Å². The van der Waals surface area contributed by atoms with Crippen LogP contribution in [0.5, 0.6) is 0 Å². The van der Waals surface area contributed by atoms with Gasteiger partial charge in [0.25, 0.3) is 10.0 Å². The van der Waals surface area contributed by atoms with Crippen LogP contribution in [0.1, 0.15) is 12.8 Å². The number of nitrogens with one attached hydrogen (secondary N) is 1. The van der Waals surface area contributed by atoms with E-state index >= 15 is 0 Å². The zero-order valence-corrected chi connectivity index (χ0v) is 16.7. The van der Waals surface area contributed by atoms with Crippen molar-refractivity contribution in [1.82, 2.24) is 4.31 Å². The Balaban J connectivity index is 1.69. The fourth-order valence-electron chi connectivity index (χ4n) is 2.88. The van der Waals surface area contributed by atoms with Crippen molar-refractivity contribution >= 4 is 50.2 Å². The Kier molecular flexibility index (Phi) is 5.86. The average molecular weight is 414 g/mol. The van der Waals surface area contributed by atoms with Gasteiger partial charge in [0.05, 0.1) is 22.3 Å². The zero-order valence-electron chi connectivity index (χ0n) is 14.3. The number of thiophene rings is 1. The second kappa shape index (κ2) is 7.96. The lowest BCUT2D eigenvalue weighted by atomic mass is 10.2. The van der Waals surface area contributed by atoms with Crippen LogP contribution in [0, 0.1) is 0 Å². The van der Waals surface area contributed by atoms with Gasteiger partial charge in [-0.15, -0.1) is 11.3 Å². The number of halogens is 1. The third-order valence-corrected chi connectivity index (χ3v) is 7.71. The summed E-state index contributed by atoms with van der Waals surface area (Å²) in [6.45, 7) is 1.65. The third-order valence-electron chi connectivity index (χ3n) is 4.20. The van der Waals surface area contributed by atoms with Crippen molar-refractivity contribution in [3.8, 4) is 0 Å². The molecule has 3 rings (SSSR count). The molecule has 2 aromatic rings. The van der Waals surface area contributed by atoms with Crippen molar-refractivity contribution in [2.75, 3.05) is 36.9 Å². The summed E-state index contributed by atoms with van der Waals surface area (Å²) >= 11 is 6.79. The highest BCUT2D eigenvalue weighted by Crippen LogP contribution is 2.29. The second-order valence-corrected chi connectivity index (χ2v) is 10.1. The Morgan fingerprint density at radius 1 is 1.23 bits per heavy atom. The van der Waals surface area contributed by atoms with E-state index in [9.17, 15) is 13.2 Å². The lowest BCUT2D eigenvalue weighted by molar-refractivity contribution is -0.116. The van der Waals surface area contributed by atoms with E-state index in [0.29, 0.717) is 10.0 Å². The molecule has 140 valence electrons. The molecular weight excluding hydrogens is 394 g/mol. The smallest absolute Gasteiger partial charge is 0.252 e. The van der Waals surface area contributed by atoms with Crippen molar-refractivity contribution in [3.63, 3.8) is 0 Å². The van der Waals surface area contributed by atoms with Crippen molar-refractivity contribution < 1.29 is 13.2 Å². The van der Waals surface area contributed by atoms with Crippen molar-refractivity contribution in [1.29, 1.82) is 0 Å². The molecule has 1 amide bonds. The van der Waals surface area contributed by atoms with Gasteiger partial charge in [0.2, 0.25) is 5.91 Å². The molecule has 0 atom stereocenters. The number of anilines is 2. The van der Waals surface area contributed by atoms with E-state index in [1.165, 1.54) is 19.2 Å². The molecule has 1 aromatic heterocycles. The molecule has 1 saturated heterocycles. The molecule has 0 radical (unpaired) electrons. The largest absolute Gasteiger partial charge is 0.370 e. The molecule has 0 saturated carbocycles. The minimum atomic E-state index is -3.74. The highest BCUT2D eigenvalue weighted by atomic mass is 35.5. The van der Waals surface area contributed by atoms with Gasteiger partial charge in [-0.2, -0.15) is 4.31 Å². The summed E-state index contributed by atoms with van der Waals surface area (Å²) in [5, 5.41) is 2.84. The lowest BCUT2D eigenvalue weighted by Crippen LogP contribution is -2.35. The van der Waals surface area contributed by atoms with Gasteiger partial charge in [0.1, 0.15) is 4.21 Å². The molecule has 0 bridgehead atoms. The summed E-state index contributed by atoms with van der Waals surface area (Å²) in [5.74, 6) is -0.384. The lowest BCUT2D eigenvalue weighted by Gasteiger charge is -2.22. The number of hydrogen-bond acceptors (Lipinski definition) is 5. The molecule has 2 heterocycles. The zero-order chi connectivity index (χ0) is 18.7. The molecule has 1 aliphatic rings. The Morgan fingerprint density at radius 2 is 1.92 bits per heavy atom. The normalized spacial score (nSPS) is 14.8. The standard InChI is InChI=1S/C17H20ClN3O3S2/c1-20(26(23,24)17-9-8-15(18)25-17)12-16(22)19-13-6-2-3-7-14(13)21-10-4-5-11-21/h2-3,6-9H,4-5,10-12H2,1H3,(H,19,22). The summed E-state index contributed by atoms with van der Waals surface area (Å²) in [5.41, 5.74) is 1.67. The van der Waals surface area contributed by atoms with Gasteiger partial charge in [0, 0.05) is 20.1 Å². The molecule has 9 heteroatoms. The van der Waals surface area contributed by atoms with Gasteiger partial charge >= 0.3 is 0 Å². The average Bonchev–Trinajstić information content (AvgIpc) is 3.27. The summed E-state index contributed by atoms with van der Waals surface area (Å²) in [7, 11) is -2.35. The molecule has 1 aliphatic heterocycles. The molecule has 6 nitrogen and oxygen atoms in total. The van der Waals surface area contributed by atoms with Crippen LogP contribution in [0.25, 0.3) is 0 Å². The highest BCUT2D eigenvalue weighted by Gasteiger charge is 2.25. The second-order valence-electron chi connectivity index (χ2n) is 6.08. The van der Waals surface area contributed by atoms with Gasteiger partial charge in [-0.1, -0.05) is 23.7 Å². The maximum absolute atomic E-state index is 12.5. The molecule has 1 N–H and O–H groups in total. The number of nitrogens with zero attached hydrogens (tertiary/aromatic N) is 2. The molecule has 1 fully saturated rings. The number of likely N-dealkylation sites (N-methyl/N-ethyl adjacent to an activating group) is 1. The van der Waals surface area contributed by atoms with Crippen LogP contribution in [0.2, 0.25) is 4.34 Å². The SMILES string of the molecule is CN(CC(=O)Nc1ccccc1N1CCCC1)S(=O)(=O)c1ccc(Cl)s1. The predicted octanol–water partition coefficient (Wildman–Crippen LogP) is 3.26. The summed E-state index contributed by atoms with van der Waals surface area (Å²) in [4.78, 5) is 14.6. The van der Waals surface area contributed by atoms with Crippen LogP contribution in [0.15, 0.2) is 40.6 Å². The van der Waals surface area contributed by atoms with E-state index < -0.39 is 10.0 Å². The van der Waals surface area contributed by atoms with E-state index in [2.05, 4.69) is 10.2 Å². The number of carbonyl (C=O) groups is 1. The van der Waals surface area contributed by atoms with Crippen molar-refractivity contribution in [2.24, 2.45) is 0 Å². The molecule has 1 aromatic carbocycles. The number of sulfonamides is 1. The van der Waals surface area contributed by atoms with Gasteiger partial charge in [-0.25, -0.2) is 8.42 Å². The van der Waals surface area contributed by atoms with Crippen LogP contribution in [0.4, 0.5) is 11.4 Å². The van der Waals surface area contributed by atoms with E-state index in [1.807, 2.05) is 24.3 Å². The quantitative estimate of drug-likeness (QED) is 0.789. The Hall–Kier alpha value is -1.61. The van der Waals surface area contributed by atoms with Crippen molar-refractivity contribution in [3.05, 3.63) is 40.7 Å². The predicted molar refractivity (Wildman–Crippen MR) is 106 cm³/mol. The number of benzene rings is 1. The van der Waals surface area contributed by atoms with Crippen molar-refractivity contribution in [2.45, 2.75) is 17.1 Å². The Bertz CT molecular complexity index is 892. The minimum absolute atomic E-state index is 0.121. The third kappa shape index (κ3) is 4.20. The number of amides is 1. The maximum Gasteiger partial charge on any atom is 0.252 e. The maximum atomic E-state index is 12.5. The number of carbonyl (C=O) groups excluding carboxylic acids is 1. The first kappa shape index (κ1) is 19.2. The van der Waals surface area contributed by atoms with Crippen LogP contribution < -0.4 is 10.2 Å². The van der Waals surface area contributed by atoms with Gasteiger partial charge < -0.3 is 10.2 Å². The van der Waals surface area contributed by atoms with Crippen LogP contribution >= 0.6 is 22.9 Å². The topological polar surface area (TPSA) is 69.7 Å². The van der Waals surface area contributed by atoms with Crippen LogP contribution in [-0.2, 0) is 14.8 Å². The molecule has 0 aliphatic carbocycles. The number of para-hydroxylation sites is 2. The monoisotopic (exact) mass is 413 g/mol. The van der Waals surface area contributed by atoms with E-state index in [4.69, 9.17) is 11.6 Å². The first-order valence-corrected chi connectivity index (χ1v) is 10.9. The fraction of sp³-hybridized carbons (Fsp3) is 0.353. The Labute approximate surface area is 162 Å². The first-order chi connectivity index (χ1) is 12.4. The van der Waals surface area contributed by atoms with Gasteiger partial charge in [-0.05, 0) is 37.1 Å². The van der Waals surface area contributed by atoms with E-state index in [1.54, 1.807) is 0 Å². The minimum Gasteiger partial charge on any atom is -0.370 e. The fourth-order valence-corrected chi connectivity index (χ4v) is 5.70. The van der Waals surface area contributed by atoms with E-state index in [-0.39, 0.29) is 16.7 Å². The Morgan fingerprint density at radius 3 is 2.58 bits per heavy atom. The molecular formula is C17H20ClN3O3S2.